The van der Waals surface area contributed by atoms with Crippen molar-refractivity contribution in [3.8, 4) is 0 Å². The van der Waals surface area contributed by atoms with Gasteiger partial charge in [0.15, 0.2) is 14.9 Å². The maximum atomic E-state index is 11.3. The van der Waals surface area contributed by atoms with Crippen LogP contribution in [0.4, 0.5) is 0 Å². The first-order chi connectivity index (χ1) is 7.53. The molecule has 0 bridgehead atoms. The molecule has 0 N–H and O–H groups in total. The molecular formula is C6H7N2O6S3-. The molecule has 0 saturated carbocycles. The minimum Gasteiger partial charge on any atom is -0.768 e. The molecular weight excluding hydrogens is 292 g/mol. The standard InChI is InChI=1S/C6H8N2O6S3/c1-16(11,12)5-4(15(9)10)3-7-6(8-5)17(2,13)14/h3H,1-2H3,(H,9,10)/p-1. The van der Waals surface area contributed by atoms with E-state index in [1.807, 2.05) is 0 Å². The van der Waals surface area contributed by atoms with Gasteiger partial charge in [-0.05, 0) is 11.1 Å². The molecule has 96 valence electrons. The second-order valence-electron chi connectivity index (χ2n) is 3.10. The van der Waals surface area contributed by atoms with E-state index in [1.165, 1.54) is 0 Å². The normalized spacial score (nSPS) is 14.5. The Morgan fingerprint density at radius 2 is 1.71 bits per heavy atom. The largest absolute Gasteiger partial charge is 0.768 e. The highest BCUT2D eigenvalue weighted by molar-refractivity contribution is 7.91. The molecule has 0 spiro atoms. The lowest BCUT2D eigenvalue weighted by atomic mass is 10.7. The molecule has 17 heavy (non-hydrogen) atoms. The maximum Gasteiger partial charge on any atom is 0.248 e. The minimum atomic E-state index is -3.97. The van der Waals surface area contributed by atoms with Gasteiger partial charge in [-0.1, -0.05) is 0 Å². The molecule has 0 aromatic carbocycles. The summed E-state index contributed by atoms with van der Waals surface area (Å²) in [5.74, 6) is 0. The van der Waals surface area contributed by atoms with Crippen LogP contribution in [0.25, 0.3) is 0 Å². The highest BCUT2D eigenvalue weighted by Gasteiger charge is 2.21. The molecule has 0 amide bonds. The zero-order chi connectivity index (χ0) is 13.4. The van der Waals surface area contributed by atoms with Crippen LogP contribution in [0.1, 0.15) is 0 Å². The van der Waals surface area contributed by atoms with Crippen molar-refractivity contribution in [2.75, 3.05) is 12.5 Å². The molecule has 0 aliphatic heterocycles. The predicted molar refractivity (Wildman–Crippen MR) is 55.4 cm³/mol. The molecule has 0 aliphatic carbocycles. The molecule has 1 rings (SSSR count). The Hall–Kier alpha value is -0.910. The highest BCUT2D eigenvalue weighted by atomic mass is 32.2. The molecule has 0 fully saturated rings. The fraction of sp³-hybridized carbons (Fsp3) is 0.333. The quantitative estimate of drug-likeness (QED) is 0.375. The van der Waals surface area contributed by atoms with Crippen molar-refractivity contribution in [1.82, 2.24) is 9.97 Å². The Balaban J connectivity index is 3.69. The van der Waals surface area contributed by atoms with Crippen molar-refractivity contribution in [3.05, 3.63) is 6.20 Å². The molecule has 1 atom stereocenters. The Morgan fingerprint density at radius 3 is 2.06 bits per heavy atom. The van der Waals surface area contributed by atoms with E-state index in [9.17, 15) is 25.6 Å². The second kappa shape index (κ2) is 4.40. The summed E-state index contributed by atoms with van der Waals surface area (Å²) in [6, 6.07) is 0. The highest BCUT2D eigenvalue weighted by Crippen LogP contribution is 2.16. The van der Waals surface area contributed by atoms with Crippen molar-refractivity contribution in [3.63, 3.8) is 0 Å². The van der Waals surface area contributed by atoms with Gasteiger partial charge in [0.1, 0.15) is 0 Å². The number of rotatable bonds is 3. The molecule has 1 heterocycles. The average molecular weight is 299 g/mol. The van der Waals surface area contributed by atoms with E-state index in [0.29, 0.717) is 6.20 Å². The zero-order valence-electron chi connectivity index (χ0n) is 8.65. The van der Waals surface area contributed by atoms with Gasteiger partial charge in [-0.25, -0.2) is 26.8 Å². The third-order valence-electron chi connectivity index (χ3n) is 1.56. The van der Waals surface area contributed by atoms with Crippen molar-refractivity contribution in [2.24, 2.45) is 0 Å². The van der Waals surface area contributed by atoms with Gasteiger partial charge in [0.25, 0.3) is 0 Å². The first kappa shape index (κ1) is 14.2. The summed E-state index contributed by atoms with van der Waals surface area (Å²) in [5.41, 5.74) is 0. The molecule has 1 aromatic heterocycles. The van der Waals surface area contributed by atoms with E-state index < -0.39 is 45.8 Å². The molecule has 0 aliphatic rings. The van der Waals surface area contributed by atoms with Gasteiger partial charge in [0.2, 0.25) is 15.0 Å². The van der Waals surface area contributed by atoms with E-state index in [-0.39, 0.29) is 0 Å². The van der Waals surface area contributed by atoms with E-state index in [4.69, 9.17) is 0 Å². The molecule has 1 unspecified atom stereocenters. The van der Waals surface area contributed by atoms with Crippen LogP contribution >= 0.6 is 0 Å². The monoisotopic (exact) mass is 299 g/mol. The van der Waals surface area contributed by atoms with Crippen LogP contribution < -0.4 is 0 Å². The Kier molecular flexibility index (Phi) is 3.66. The van der Waals surface area contributed by atoms with Crippen LogP contribution in [-0.4, -0.2) is 48.1 Å². The van der Waals surface area contributed by atoms with Gasteiger partial charge in [0.05, 0.1) is 4.90 Å². The van der Waals surface area contributed by atoms with Gasteiger partial charge in [-0.15, -0.1) is 0 Å². The lowest BCUT2D eigenvalue weighted by Crippen LogP contribution is -2.13. The van der Waals surface area contributed by atoms with E-state index in [2.05, 4.69) is 9.97 Å². The first-order valence-electron chi connectivity index (χ1n) is 3.90. The fourth-order valence-corrected chi connectivity index (χ4v) is 3.11. The zero-order valence-corrected chi connectivity index (χ0v) is 11.1. The summed E-state index contributed by atoms with van der Waals surface area (Å²) in [5, 5.41) is -1.58. The van der Waals surface area contributed by atoms with Crippen molar-refractivity contribution >= 4 is 30.8 Å². The molecule has 8 nitrogen and oxygen atoms in total. The summed E-state index contributed by atoms with van der Waals surface area (Å²) in [6.07, 6.45) is 2.14. The average Bonchev–Trinajstić information content (AvgIpc) is 2.14. The van der Waals surface area contributed by atoms with Gasteiger partial charge < -0.3 is 4.55 Å². The number of hydrogen-bond donors (Lipinski definition) is 0. The maximum absolute atomic E-state index is 11.3. The van der Waals surface area contributed by atoms with Crippen LogP contribution in [0.5, 0.6) is 0 Å². The molecule has 1 aromatic rings. The lowest BCUT2D eigenvalue weighted by molar-refractivity contribution is 0.527. The summed E-state index contributed by atoms with van der Waals surface area (Å²) in [6.45, 7) is 0. The number of nitrogens with zero attached hydrogens (tertiary/aromatic N) is 2. The molecule has 11 heteroatoms. The van der Waals surface area contributed by atoms with Crippen LogP contribution in [0.3, 0.4) is 0 Å². The predicted octanol–water partition coefficient (Wildman–Crippen LogP) is -1.48. The summed E-state index contributed by atoms with van der Waals surface area (Å²) < 4.78 is 66.3. The second-order valence-corrected chi connectivity index (χ2v) is 7.85. The van der Waals surface area contributed by atoms with Gasteiger partial charge in [0, 0.05) is 18.7 Å². The van der Waals surface area contributed by atoms with Crippen molar-refractivity contribution < 1.29 is 25.6 Å². The summed E-state index contributed by atoms with van der Waals surface area (Å²) in [4.78, 5) is 5.88. The van der Waals surface area contributed by atoms with Gasteiger partial charge >= 0.3 is 0 Å². The third-order valence-corrected chi connectivity index (χ3v) is 4.22. The van der Waals surface area contributed by atoms with Crippen molar-refractivity contribution in [2.45, 2.75) is 15.1 Å². The number of hydrogen-bond acceptors (Lipinski definition) is 8. The fourth-order valence-electron chi connectivity index (χ4n) is 0.899. The summed E-state index contributed by atoms with van der Waals surface area (Å²) in [7, 11) is -7.79. The minimum absolute atomic E-state index is 0.642. The van der Waals surface area contributed by atoms with Crippen LogP contribution in [0, 0.1) is 0 Å². The Bertz CT molecular complexity index is 678. The van der Waals surface area contributed by atoms with Crippen LogP contribution in [-0.2, 0) is 30.8 Å². The van der Waals surface area contributed by atoms with E-state index >= 15 is 0 Å². The first-order valence-corrected chi connectivity index (χ1v) is 8.75. The third kappa shape index (κ3) is 3.28. The van der Waals surface area contributed by atoms with E-state index in [0.717, 1.165) is 12.5 Å². The molecule has 0 saturated heterocycles. The van der Waals surface area contributed by atoms with Crippen LogP contribution in [0.15, 0.2) is 21.3 Å². The number of sulfone groups is 2. The van der Waals surface area contributed by atoms with Gasteiger partial charge in [-0.3, -0.25) is 4.21 Å². The topological polar surface area (TPSA) is 134 Å². The van der Waals surface area contributed by atoms with E-state index in [1.54, 1.807) is 0 Å². The SMILES string of the molecule is CS(=O)(=O)c1ncc(S(=O)[O-])c(S(C)(=O)=O)n1. The number of aromatic nitrogens is 2. The Morgan fingerprint density at radius 1 is 1.18 bits per heavy atom. The molecule has 0 radical (unpaired) electrons. The summed E-state index contributed by atoms with van der Waals surface area (Å²) >= 11 is -2.87. The van der Waals surface area contributed by atoms with Crippen molar-refractivity contribution in [1.29, 1.82) is 0 Å². The van der Waals surface area contributed by atoms with Gasteiger partial charge in [-0.2, -0.15) is 0 Å². The Labute approximate surface area is 100 Å². The van der Waals surface area contributed by atoms with Crippen LogP contribution in [0.2, 0.25) is 0 Å². The smallest absolute Gasteiger partial charge is 0.248 e. The lowest BCUT2D eigenvalue weighted by Gasteiger charge is -2.09.